The first-order valence-electron chi connectivity index (χ1n) is 8.67. The normalized spacial score (nSPS) is 11.7. The maximum absolute atomic E-state index is 12.7. The van der Waals surface area contributed by atoms with Gasteiger partial charge in [-0.05, 0) is 45.4 Å². The van der Waals surface area contributed by atoms with Gasteiger partial charge in [0.25, 0.3) is 0 Å². The molecule has 0 saturated carbocycles. The van der Waals surface area contributed by atoms with Crippen LogP contribution in [0.5, 0.6) is 0 Å². The Morgan fingerprint density at radius 3 is 2.48 bits per heavy atom. The number of aromatic amines is 1. The number of aliphatic hydroxyl groups excluding tert-OH is 1. The second-order valence-corrected chi connectivity index (χ2v) is 6.29. The van der Waals surface area contributed by atoms with Gasteiger partial charge in [-0.1, -0.05) is 12.1 Å². The van der Waals surface area contributed by atoms with Gasteiger partial charge >= 0.3 is 5.97 Å². The highest BCUT2D eigenvalue weighted by Crippen LogP contribution is 2.22. The predicted molar refractivity (Wildman–Crippen MR) is 101 cm³/mol. The minimum Gasteiger partial charge on any atom is -0.451 e. The quantitative estimate of drug-likeness (QED) is 0.486. The molecule has 27 heavy (non-hydrogen) atoms. The van der Waals surface area contributed by atoms with Crippen molar-refractivity contribution in [2.75, 3.05) is 18.5 Å². The first-order valence-corrected chi connectivity index (χ1v) is 8.67. The lowest BCUT2D eigenvalue weighted by molar-refractivity contribution is 0.0317. The number of H-pyrrole nitrogens is 1. The van der Waals surface area contributed by atoms with Gasteiger partial charge in [-0.3, -0.25) is 9.59 Å². The molecule has 0 spiro atoms. The van der Waals surface area contributed by atoms with Crippen molar-refractivity contribution in [1.82, 2.24) is 4.98 Å². The van der Waals surface area contributed by atoms with E-state index < -0.39 is 17.9 Å². The molecule has 0 aliphatic carbocycles. The molecule has 3 N–H and O–H groups in total. The zero-order valence-corrected chi connectivity index (χ0v) is 15.9. The minimum atomic E-state index is -1.03. The average molecular weight is 372 g/mol. The number of aryl methyl sites for hydroxylation is 1. The van der Waals surface area contributed by atoms with Crippen molar-refractivity contribution < 1.29 is 24.2 Å². The Bertz CT molecular complexity index is 869. The van der Waals surface area contributed by atoms with Crippen molar-refractivity contribution in [3.8, 4) is 0 Å². The number of rotatable bonds is 8. The van der Waals surface area contributed by atoms with E-state index in [1.54, 1.807) is 38.1 Å². The van der Waals surface area contributed by atoms with Crippen molar-refractivity contribution in [1.29, 1.82) is 0 Å². The van der Waals surface area contributed by atoms with Crippen LogP contribution in [0.3, 0.4) is 0 Å². The number of aromatic nitrogens is 1. The Morgan fingerprint density at radius 1 is 1.22 bits per heavy atom. The number of anilines is 1. The van der Waals surface area contributed by atoms with E-state index in [1.165, 1.54) is 13.8 Å². The molecule has 0 unspecified atom stereocenters. The Kier molecular flexibility index (Phi) is 6.52. The van der Waals surface area contributed by atoms with Gasteiger partial charge in [0.2, 0.25) is 5.78 Å². The van der Waals surface area contributed by atoms with Gasteiger partial charge in [-0.2, -0.15) is 0 Å². The van der Waals surface area contributed by atoms with Crippen LogP contribution in [0.15, 0.2) is 24.3 Å². The van der Waals surface area contributed by atoms with Crippen LogP contribution in [0.4, 0.5) is 5.69 Å². The summed E-state index contributed by atoms with van der Waals surface area (Å²) in [6, 6.07) is 6.71. The van der Waals surface area contributed by atoms with Gasteiger partial charge in [0, 0.05) is 23.5 Å². The summed E-state index contributed by atoms with van der Waals surface area (Å²) in [5.74, 6) is -1.18. The number of esters is 1. The van der Waals surface area contributed by atoms with Gasteiger partial charge in [0.15, 0.2) is 11.9 Å². The van der Waals surface area contributed by atoms with E-state index >= 15 is 0 Å². The largest absolute Gasteiger partial charge is 0.451 e. The van der Waals surface area contributed by atoms with Gasteiger partial charge in [-0.25, -0.2) is 4.79 Å². The molecule has 7 heteroatoms. The number of carbonyl (C=O) groups excluding carboxylic acids is 3. The highest BCUT2D eigenvalue weighted by Gasteiger charge is 2.26. The molecule has 2 rings (SSSR count). The number of ketones is 2. The van der Waals surface area contributed by atoms with Crippen LogP contribution in [-0.2, 0) is 4.74 Å². The summed E-state index contributed by atoms with van der Waals surface area (Å²) >= 11 is 0. The molecule has 0 aliphatic rings. The second-order valence-electron chi connectivity index (χ2n) is 6.29. The number of hydrogen-bond acceptors (Lipinski definition) is 6. The van der Waals surface area contributed by atoms with E-state index in [4.69, 9.17) is 9.84 Å². The Morgan fingerprint density at radius 2 is 1.89 bits per heavy atom. The summed E-state index contributed by atoms with van der Waals surface area (Å²) in [5.41, 5.74) is 2.70. The van der Waals surface area contributed by atoms with E-state index in [2.05, 4.69) is 10.3 Å². The first-order chi connectivity index (χ1) is 12.8. The molecule has 0 bridgehead atoms. The minimum absolute atomic E-state index is 0.0811. The topological polar surface area (TPSA) is 108 Å². The van der Waals surface area contributed by atoms with Gasteiger partial charge < -0.3 is 20.1 Å². The monoisotopic (exact) mass is 372 g/mol. The summed E-state index contributed by atoms with van der Waals surface area (Å²) < 4.78 is 5.34. The van der Waals surface area contributed by atoms with E-state index in [9.17, 15) is 14.4 Å². The van der Waals surface area contributed by atoms with Crippen molar-refractivity contribution >= 4 is 23.2 Å². The molecule has 7 nitrogen and oxygen atoms in total. The van der Waals surface area contributed by atoms with Crippen molar-refractivity contribution in [3.63, 3.8) is 0 Å². The van der Waals surface area contributed by atoms with E-state index in [1.807, 2.05) is 0 Å². The molecule has 1 aromatic heterocycles. The van der Waals surface area contributed by atoms with Crippen LogP contribution in [0, 0.1) is 13.8 Å². The van der Waals surface area contributed by atoms with E-state index in [0.717, 1.165) is 0 Å². The van der Waals surface area contributed by atoms with E-state index in [0.29, 0.717) is 22.5 Å². The number of nitrogens with one attached hydrogen (secondary N) is 2. The molecule has 0 aliphatic heterocycles. The maximum Gasteiger partial charge on any atom is 0.340 e. The Hall–Kier alpha value is -2.93. The van der Waals surface area contributed by atoms with Crippen LogP contribution in [0.2, 0.25) is 0 Å². The van der Waals surface area contributed by atoms with Gasteiger partial charge in [0.05, 0.1) is 17.9 Å². The number of benzene rings is 1. The van der Waals surface area contributed by atoms with Crippen LogP contribution in [-0.4, -0.2) is 46.9 Å². The predicted octanol–water partition coefficient (Wildman–Crippen LogP) is 2.67. The molecule has 0 amide bonds. The molecular formula is C20H24N2O5. The molecule has 1 heterocycles. The van der Waals surface area contributed by atoms with Crippen molar-refractivity contribution in [2.24, 2.45) is 0 Å². The summed E-state index contributed by atoms with van der Waals surface area (Å²) in [6.07, 6.45) is -1.03. The zero-order chi connectivity index (χ0) is 20.1. The van der Waals surface area contributed by atoms with Crippen molar-refractivity contribution in [3.05, 3.63) is 52.3 Å². The number of aliphatic hydroxyl groups is 1. The summed E-state index contributed by atoms with van der Waals surface area (Å²) in [4.78, 5) is 39.9. The third kappa shape index (κ3) is 4.43. The van der Waals surface area contributed by atoms with Gasteiger partial charge in [-0.15, -0.1) is 0 Å². The Labute approximate surface area is 157 Å². The number of carbonyl (C=O) groups is 3. The third-order valence-corrected chi connectivity index (χ3v) is 4.26. The Balaban J connectivity index is 2.19. The molecular weight excluding hydrogens is 348 g/mol. The standard InChI is InChI=1S/C20H24N2O5/c1-11-17(13(3)24)12(2)22-18(11)19(25)14(4)27-20(26)15-7-5-6-8-16(15)21-9-10-23/h5-8,14,21-23H,9-10H2,1-4H3/t14-/m1/s1. The van der Waals surface area contributed by atoms with Gasteiger partial charge in [0.1, 0.15) is 0 Å². The summed E-state index contributed by atoms with van der Waals surface area (Å²) in [5, 5.41) is 11.9. The fourth-order valence-electron chi connectivity index (χ4n) is 3.01. The molecule has 1 atom stereocenters. The zero-order valence-electron chi connectivity index (χ0n) is 15.9. The third-order valence-electron chi connectivity index (χ3n) is 4.26. The van der Waals surface area contributed by atoms with E-state index in [-0.39, 0.29) is 30.2 Å². The lowest BCUT2D eigenvalue weighted by Crippen LogP contribution is -2.26. The number of hydrogen-bond donors (Lipinski definition) is 3. The average Bonchev–Trinajstić information content (AvgIpc) is 2.93. The van der Waals surface area contributed by atoms with Crippen LogP contribution >= 0.6 is 0 Å². The SMILES string of the molecule is CC(=O)c1c(C)[nH]c(C(=O)[C@@H](C)OC(=O)c2ccccc2NCCO)c1C. The molecule has 1 aromatic carbocycles. The summed E-state index contributed by atoms with van der Waals surface area (Å²) in [7, 11) is 0. The van der Waals surface area contributed by atoms with Crippen LogP contribution < -0.4 is 5.32 Å². The smallest absolute Gasteiger partial charge is 0.340 e. The molecule has 144 valence electrons. The molecule has 2 aromatic rings. The lowest BCUT2D eigenvalue weighted by atomic mass is 10.0. The maximum atomic E-state index is 12.7. The number of para-hydroxylation sites is 1. The highest BCUT2D eigenvalue weighted by molar-refractivity contribution is 6.06. The van der Waals surface area contributed by atoms with Crippen LogP contribution in [0.25, 0.3) is 0 Å². The first kappa shape index (κ1) is 20.4. The molecule has 0 fully saturated rings. The lowest BCUT2D eigenvalue weighted by Gasteiger charge is -2.15. The molecule has 0 radical (unpaired) electrons. The number of Topliss-reactive ketones (excluding diaryl/α,β-unsaturated/α-hetero) is 2. The second kappa shape index (κ2) is 8.64. The fourth-order valence-corrected chi connectivity index (χ4v) is 3.01. The molecule has 0 saturated heterocycles. The highest BCUT2D eigenvalue weighted by atomic mass is 16.5. The summed E-state index contributed by atoms with van der Waals surface area (Å²) in [6.45, 7) is 6.55. The van der Waals surface area contributed by atoms with Crippen LogP contribution in [0.1, 0.15) is 56.3 Å². The number of ether oxygens (including phenoxy) is 1. The fraction of sp³-hybridized carbons (Fsp3) is 0.350. The van der Waals surface area contributed by atoms with Crippen molar-refractivity contribution in [2.45, 2.75) is 33.8 Å².